The summed E-state index contributed by atoms with van der Waals surface area (Å²) in [5.41, 5.74) is 1.51. The molecule has 1 heteroatoms. The molecule has 0 N–H and O–H groups in total. The Morgan fingerprint density at radius 1 is 1.46 bits per heavy atom. The zero-order valence-electron chi connectivity index (χ0n) is 8.08. The highest BCUT2D eigenvalue weighted by atomic mass is 15.0. The Morgan fingerprint density at radius 2 is 2.23 bits per heavy atom. The van der Waals surface area contributed by atoms with Crippen LogP contribution in [0, 0.1) is 0 Å². The number of hydrogen-bond acceptors (Lipinski definition) is 0. The van der Waals surface area contributed by atoms with Gasteiger partial charge >= 0.3 is 0 Å². The fourth-order valence-electron chi connectivity index (χ4n) is 2.32. The first-order valence-corrected chi connectivity index (χ1v) is 5.18. The molecule has 0 unspecified atom stereocenters. The van der Waals surface area contributed by atoms with E-state index in [9.17, 15) is 0 Å². The van der Waals surface area contributed by atoms with Crippen LogP contribution in [0.4, 0.5) is 0 Å². The summed E-state index contributed by atoms with van der Waals surface area (Å²) >= 11 is 0. The summed E-state index contributed by atoms with van der Waals surface area (Å²) in [5, 5.41) is 0. The van der Waals surface area contributed by atoms with E-state index in [0.717, 1.165) is 12.5 Å². The van der Waals surface area contributed by atoms with Crippen molar-refractivity contribution in [3.63, 3.8) is 0 Å². The van der Waals surface area contributed by atoms with E-state index in [1.54, 1.807) is 0 Å². The highest BCUT2D eigenvalue weighted by Crippen LogP contribution is 2.34. The van der Waals surface area contributed by atoms with Gasteiger partial charge in [0.2, 0.25) is 0 Å². The first-order chi connectivity index (χ1) is 6.42. The Balaban J connectivity index is 2.17. The monoisotopic (exact) mass is 175 g/mol. The van der Waals surface area contributed by atoms with Gasteiger partial charge in [-0.15, -0.1) is 6.58 Å². The van der Waals surface area contributed by atoms with E-state index >= 15 is 0 Å². The average Bonchev–Trinajstić information content (AvgIpc) is 2.71. The smallest absolute Gasteiger partial charge is 0.0400 e. The normalized spacial score (nSPS) is 17.8. The molecular weight excluding hydrogens is 158 g/mol. The molecule has 1 heterocycles. The third kappa shape index (κ3) is 1.69. The van der Waals surface area contributed by atoms with Crippen molar-refractivity contribution in [2.24, 2.45) is 0 Å². The van der Waals surface area contributed by atoms with Crippen LogP contribution in [0.15, 0.2) is 31.0 Å². The van der Waals surface area contributed by atoms with Crippen LogP contribution in [0.1, 0.15) is 37.3 Å². The molecule has 2 rings (SSSR count). The number of aromatic nitrogens is 1. The summed E-state index contributed by atoms with van der Waals surface area (Å²) in [6.45, 7) is 4.74. The zero-order valence-corrected chi connectivity index (χ0v) is 8.08. The summed E-state index contributed by atoms with van der Waals surface area (Å²) in [5.74, 6) is 0.815. The highest BCUT2D eigenvalue weighted by Gasteiger charge is 2.19. The van der Waals surface area contributed by atoms with Crippen LogP contribution in [0.3, 0.4) is 0 Å². The lowest BCUT2D eigenvalue weighted by Gasteiger charge is -2.12. The fourth-order valence-corrected chi connectivity index (χ4v) is 2.32. The van der Waals surface area contributed by atoms with Crippen LogP contribution in [0.2, 0.25) is 0 Å². The molecule has 1 saturated carbocycles. The minimum Gasteiger partial charge on any atom is -0.347 e. The molecule has 1 aromatic heterocycles. The standard InChI is InChI=1S/C12H17N/c1-2-9-13-10-5-8-12(13)11-6-3-4-7-11/h2,5,8,10-11H,1,3-4,6-7,9H2. The highest BCUT2D eigenvalue weighted by molar-refractivity contribution is 5.14. The van der Waals surface area contributed by atoms with E-state index < -0.39 is 0 Å². The largest absolute Gasteiger partial charge is 0.347 e. The van der Waals surface area contributed by atoms with Gasteiger partial charge in [-0.2, -0.15) is 0 Å². The van der Waals surface area contributed by atoms with Crippen LogP contribution in [0.25, 0.3) is 0 Å². The SMILES string of the molecule is C=CCn1cccc1C1CCCC1. The number of allylic oxidation sites excluding steroid dienone is 1. The van der Waals surface area contributed by atoms with Crippen LogP contribution in [-0.2, 0) is 6.54 Å². The maximum Gasteiger partial charge on any atom is 0.0400 e. The van der Waals surface area contributed by atoms with Crippen molar-refractivity contribution in [1.29, 1.82) is 0 Å². The van der Waals surface area contributed by atoms with Gasteiger partial charge in [-0.1, -0.05) is 18.9 Å². The molecule has 1 aliphatic rings. The Bertz CT molecular complexity index is 279. The topological polar surface area (TPSA) is 4.93 Å². The molecule has 1 aliphatic carbocycles. The molecule has 13 heavy (non-hydrogen) atoms. The number of nitrogens with zero attached hydrogens (tertiary/aromatic N) is 1. The maximum absolute atomic E-state index is 3.78. The van der Waals surface area contributed by atoms with Crippen molar-refractivity contribution < 1.29 is 0 Å². The van der Waals surface area contributed by atoms with Gasteiger partial charge in [-0.3, -0.25) is 0 Å². The average molecular weight is 175 g/mol. The first-order valence-electron chi connectivity index (χ1n) is 5.18. The molecule has 0 spiro atoms. The first kappa shape index (κ1) is 8.61. The molecule has 1 nitrogen and oxygen atoms in total. The molecule has 0 radical (unpaired) electrons. The predicted octanol–water partition coefficient (Wildman–Crippen LogP) is 3.33. The van der Waals surface area contributed by atoms with Gasteiger partial charge in [0.25, 0.3) is 0 Å². The van der Waals surface area contributed by atoms with E-state index in [1.807, 2.05) is 6.08 Å². The molecule has 1 fully saturated rings. The van der Waals surface area contributed by atoms with Crippen LogP contribution < -0.4 is 0 Å². The Kier molecular flexibility index (Phi) is 2.53. The molecule has 0 aromatic carbocycles. The molecule has 0 aliphatic heterocycles. The van der Waals surface area contributed by atoms with Gasteiger partial charge in [0.05, 0.1) is 0 Å². The number of hydrogen-bond donors (Lipinski definition) is 0. The lowest BCUT2D eigenvalue weighted by Crippen LogP contribution is -2.03. The van der Waals surface area contributed by atoms with Crippen molar-refractivity contribution in [3.8, 4) is 0 Å². The second kappa shape index (κ2) is 3.82. The fraction of sp³-hybridized carbons (Fsp3) is 0.500. The van der Waals surface area contributed by atoms with Crippen molar-refractivity contribution in [2.75, 3.05) is 0 Å². The van der Waals surface area contributed by atoms with Gasteiger partial charge in [0.15, 0.2) is 0 Å². The van der Waals surface area contributed by atoms with Gasteiger partial charge in [0, 0.05) is 18.4 Å². The second-order valence-electron chi connectivity index (χ2n) is 3.86. The van der Waals surface area contributed by atoms with E-state index in [0.29, 0.717) is 0 Å². The van der Waals surface area contributed by atoms with E-state index in [2.05, 4.69) is 29.5 Å². The zero-order chi connectivity index (χ0) is 9.10. The van der Waals surface area contributed by atoms with Crippen molar-refractivity contribution >= 4 is 0 Å². The molecule has 70 valence electrons. The summed E-state index contributed by atoms with van der Waals surface area (Å²) in [4.78, 5) is 0. The molecule has 0 saturated heterocycles. The summed E-state index contributed by atoms with van der Waals surface area (Å²) < 4.78 is 2.32. The minimum absolute atomic E-state index is 0.815. The minimum atomic E-state index is 0.815. The van der Waals surface area contributed by atoms with Gasteiger partial charge < -0.3 is 4.57 Å². The van der Waals surface area contributed by atoms with Crippen LogP contribution >= 0.6 is 0 Å². The molecule has 0 atom stereocenters. The van der Waals surface area contributed by atoms with E-state index in [-0.39, 0.29) is 0 Å². The van der Waals surface area contributed by atoms with Gasteiger partial charge in [0.1, 0.15) is 0 Å². The Hall–Kier alpha value is -0.980. The Labute approximate surface area is 80.1 Å². The number of rotatable bonds is 3. The van der Waals surface area contributed by atoms with Crippen molar-refractivity contribution in [1.82, 2.24) is 4.57 Å². The van der Waals surface area contributed by atoms with E-state index in [1.165, 1.54) is 31.4 Å². The Morgan fingerprint density at radius 3 is 2.92 bits per heavy atom. The molecular formula is C12H17N. The van der Waals surface area contributed by atoms with Crippen molar-refractivity contribution in [3.05, 3.63) is 36.7 Å². The van der Waals surface area contributed by atoms with Crippen LogP contribution in [-0.4, -0.2) is 4.57 Å². The molecule has 1 aromatic rings. The lowest BCUT2D eigenvalue weighted by molar-refractivity contribution is 0.637. The predicted molar refractivity (Wildman–Crippen MR) is 55.8 cm³/mol. The third-order valence-corrected chi connectivity index (χ3v) is 2.96. The van der Waals surface area contributed by atoms with Crippen molar-refractivity contribution in [2.45, 2.75) is 38.1 Å². The lowest BCUT2D eigenvalue weighted by atomic mass is 10.0. The summed E-state index contributed by atoms with van der Waals surface area (Å²) in [6.07, 6.45) is 9.70. The van der Waals surface area contributed by atoms with Gasteiger partial charge in [-0.05, 0) is 30.9 Å². The second-order valence-corrected chi connectivity index (χ2v) is 3.86. The quantitative estimate of drug-likeness (QED) is 0.621. The van der Waals surface area contributed by atoms with Crippen LogP contribution in [0.5, 0.6) is 0 Å². The van der Waals surface area contributed by atoms with E-state index in [4.69, 9.17) is 0 Å². The third-order valence-electron chi connectivity index (χ3n) is 2.96. The van der Waals surface area contributed by atoms with Gasteiger partial charge in [-0.25, -0.2) is 0 Å². The molecule has 0 amide bonds. The summed E-state index contributed by atoms with van der Waals surface area (Å²) in [7, 11) is 0. The molecule has 0 bridgehead atoms. The maximum atomic E-state index is 3.78. The summed E-state index contributed by atoms with van der Waals surface area (Å²) in [6, 6.07) is 4.41.